The summed E-state index contributed by atoms with van der Waals surface area (Å²) < 4.78 is 5.75. The molecule has 0 aromatic heterocycles. The van der Waals surface area contributed by atoms with Crippen molar-refractivity contribution < 1.29 is 4.74 Å². The minimum Gasteiger partial charge on any atom is -0.378 e. The van der Waals surface area contributed by atoms with Crippen LogP contribution in [-0.4, -0.2) is 25.3 Å². The van der Waals surface area contributed by atoms with Crippen molar-refractivity contribution in [2.24, 2.45) is 5.92 Å². The van der Waals surface area contributed by atoms with Gasteiger partial charge in [0.25, 0.3) is 0 Å². The van der Waals surface area contributed by atoms with Crippen LogP contribution in [0.25, 0.3) is 0 Å². The maximum atomic E-state index is 5.75. The van der Waals surface area contributed by atoms with Crippen LogP contribution in [0.4, 0.5) is 0 Å². The zero-order chi connectivity index (χ0) is 13.2. The van der Waals surface area contributed by atoms with Gasteiger partial charge in [-0.15, -0.1) is 0 Å². The summed E-state index contributed by atoms with van der Waals surface area (Å²) in [6.45, 7) is 8.94. The molecule has 0 amide bonds. The number of hydrogen-bond acceptors (Lipinski definition) is 2. The van der Waals surface area contributed by atoms with Crippen LogP contribution in [0.15, 0.2) is 0 Å². The topological polar surface area (TPSA) is 21.3 Å². The molecular weight excluding hydrogens is 222 g/mol. The van der Waals surface area contributed by atoms with E-state index >= 15 is 0 Å². The number of nitrogens with one attached hydrogen (secondary N) is 1. The van der Waals surface area contributed by atoms with Crippen molar-refractivity contribution >= 4 is 0 Å². The molecule has 2 heteroatoms. The molecule has 1 N–H and O–H groups in total. The van der Waals surface area contributed by atoms with Gasteiger partial charge in [-0.05, 0) is 51.0 Å². The highest BCUT2D eigenvalue weighted by Crippen LogP contribution is 2.24. The van der Waals surface area contributed by atoms with E-state index in [0.29, 0.717) is 12.1 Å². The smallest absolute Gasteiger partial charge is 0.0576 e. The van der Waals surface area contributed by atoms with E-state index in [1.807, 2.05) is 0 Å². The van der Waals surface area contributed by atoms with Crippen molar-refractivity contribution in [3.05, 3.63) is 0 Å². The summed E-state index contributed by atoms with van der Waals surface area (Å²) in [4.78, 5) is 0. The van der Waals surface area contributed by atoms with E-state index in [4.69, 9.17) is 4.74 Å². The minimum atomic E-state index is 0.551. The molecule has 1 aliphatic rings. The third-order valence-corrected chi connectivity index (χ3v) is 4.18. The first-order valence-electron chi connectivity index (χ1n) is 8.16. The Morgan fingerprint density at radius 2 is 1.83 bits per heavy atom. The first-order chi connectivity index (χ1) is 8.81. The fourth-order valence-corrected chi connectivity index (χ4v) is 3.29. The molecule has 108 valence electrons. The van der Waals surface area contributed by atoms with Crippen LogP contribution < -0.4 is 5.32 Å². The molecule has 0 radical (unpaired) electrons. The Balaban J connectivity index is 2.38. The first kappa shape index (κ1) is 16.0. The zero-order valence-corrected chi connectivity index (χ0v) is 12.7. The van der Waals surface area contributed by atoms with E-state index in [0.717, 1.165) is 19.1 Å². The van der Waals surface area contributed by atoms with E-state index in [1.165, 1.54) is 51.4 Å². The zero-order valence-electron chi connectivity index (χ0n) is 12.7. The summed E-state index contributed by atoms with van der Waals surface area (Å²) in [6.07, 6.45) is 11.0. The first-order valence-corrected chi connectivity index (χ1v) is 8.16. The average molecular weight is 255 g/mol. The van der Waals surface area contributed by atoms with Crippen molar-refractivity contribution in [3.8, 4) is 0 Å². The predicted molar refractivity (Wildman–Crippen MR) is 79.0 cm³/mol. The third-order valence-electron chi connectivity index (χ3n) is 4.18. The highest BCUT2D eigenvalue weighted by molar-refractivity contribution is 4.78. The number of ether oxygens (including phenoxy) is 1. The fraction of sp³-hybridized carbons (Fsp3) is 1.00. The summed E-state index contributed by atoms with van der Waals surface area (Å²) in [5.74, 6) is 0.862. The summed E-state index contributed by atoms with van der Waals surface area (Å²) in [5, 5.41) is 3.72. The van der Waals surface area contributed by atoms with Crippen molar-refractivity contribution in [3.63, 3.8) is 0 Å². The van der Waals surface area contributed by atoms with Gasteiger partial charge in [0.1, 0.15) is 0 Å². The Morgan fingerprint density at radius 1 is 1.11 bits per heavy atom. The SMILES string of the molecule is CCCC(CCC)C(CCC1CCCO1)NCC. The molecule has 2 unspecified atom stereocenters. The Morgan fingerprint density at radius 3 is 2.33 bits per heavy atom. The summed E-state index contributed by atoms with van der Waals surface area (Å²) in [6, 6.07) is 0.707. The highest BCUT2D eigenvalue weighted by Gasteiger charge is 2.22. The monoisotopic (exact) mass is 255 g/mol. The molecular formula is C16H33NO. The van der Waals surface area contributed by atoms with Crippen molar-refractivity contribution in [2.45, 2.75) is 84.3 Å². The van der Waals surface area contributed by atoms with E-state index in [1.54, 1.807) is 0 Å². The second-order valence-electron chi connectivity index (χ2n) is 5.71. The fourth-order valence-electron chi connectivity index (χ4n) is 3.29. The Labute approximate surface area is 114 Å². The van der Waals surface area contributed by atoms with Crippen LogP contribution in [0.3, 0.4) is 0 Å². The Kier molecular flexibility index (Phi) is 8.70. The summed E-state index contributed by atoms with van der Waals surface area (Å²) in [7, 11) is 0. The summed E-state index contributed by atoms with van der Waals surface area (Å²) in [5.41, 5.74) is 0. The van der Waals surface area contributed by atoms with Gasteiger partial charge in [0.05, 0.1) is 6.10 Å². The van der Waals surface area contributed by atoms with Crippen molar-refractivity contribution in [2.75, 3.05) is 13.2 Å². The van der Waals surface area contributed by atoms with Crippen molar-refractivity contribution in [1.82, 2.24) is 5.32 Å². The lowest BCUT2D eigenvalue weighted by Gasteiger charge is -2.28. The van der Waals surface area contributed by atoms with Gasteiger partial charge < -0.3 is 10.1 Å². The molecule has 18 heavy (non-hydrogen) atoms. The van der Waals surface area contributed by atoms with Crippen molar-refractivity contribution in [1.29, 1.82) is 0 Å². The normalized spacial score (nSPS) is 21.7. The van der Waals surface area contributed by atoms with Crippen LogP contribution in [0.5, 0.6) is 0 Å². The lowest BCUT2D eigenvalue weighted by atomic mass is 9.87. The second-order valence-corrected chi connectivity index (χ2v) is 5.71. The molecule has 2 nitrogen and oxygen atoms in total. The molecule has 0 bridgehead atoms. The largest absolute Gasteiger partial charge is 0.378 e. The predicted octanol–water partition coefficient (Wildman–Crippen LogP) is 4.14. The van der Waals surface area contributed by atoms with Gasteiger partial charge in [0.2, 0.25) is 0 Å². The number of hydrogen-bond donors (Lipinski definition) is 1. The summed E-state index contributed by atoms with van der Waals surface area (Å²) >= 11 is 0. The molecule has 2 atom stereocenters. The quantitative estimate of drug-likeness (QED) is 0.633. The average Bonchev–Trinajstić information content (AvgIpc) is 2.87. The second kappa shape index (κ2) is 9.80. The van der Waals surface area contributed by atoms with E-state index in [9.17, 15) is 0 Å². The van der Waals surface area contributed by atoms with Crippen LogP contribution in [0, 0.1) is 5.92 Å². The van der Waals surface area contributed by atoms with Gasteiger partial charge in [-0.1, -0.05) is 33.6 Å². The third kappa shape index (κ3) is 5.71. The molecule has 0 aliphatic carbocycles. The molecule has 0 saturated carbocycles. The molecule has 1 rings (SSSR count). The van der Waals surface area contributed by atoms with Gasteiger partial charge in [0.15, 0.2) is 0 Å². The van der Waals surface area contributed by atoms with Gasteiger partial charge in [-0.2, -0.15) is 0 Å². The van der Waals surface area contributed by atoms with Gasteiger partial charge >= 0.3 is 0 Å². The molecule has 1 fully saturated rings. The van der Waals surface area contributed by atoms with Crippen LogP contribution in [0.1, 0.15) is 72.1 Å². The molecule has 0 spiro atoms. The van der Waals surface area contributed by atoms with Gasteiger partial charge in [-0.3, -0.25) is 0 Å². The molecule has 1 aliphatic heterocycles. The maximum absolute atomic E-state index is 5.75. The van der Waals surface area contributed by atoms with Gasteiger partial charge in [0, 0.05) is 12.6 Å². The lowest BCUT2D eigenvalue weighted by molar-refractivity contribution is 0.0964. The van der Waals surface area contributed by atoms with Crippen LogP contribution in [-0.2, 0) is 4.74 Å². The minimum absolute atomic E-state index is 0.551. The van der Waals surface area contributed by atoms with E-state index < -0.39 is 0 Å². The Hall–Kier alpha value is -0.0800. The highest BCUT2D eigenvalue weighted by atomic mass is 16.5. The molecule has 1 heterocycles. The number of rotatable bonds is 10. The standard InChI is InChI=1S/C16H33NO/c1-4-8-14(9-5-2)16(17-6-3)12-11-15-10-7-13-18-15/h14-17H,4-13H2,1-3H3. The van der Waals surface area contributed by atoms with E-state index in [2.05, 4.69) is 26.1 Å². The van der Waals surface area contributed by atoms with Gasteiger partial charge in [-0.25, -0.2) is 0 Å². The molecule has 0 aromatic rings. The molecule has 0 aromatic carbocycles. The Bertz CT molecular complexity index is 184. The lowest BCUT2D eigenvalue weighted by Crippen LogP contribution is -2.37. The van der Waals surface area contributed by atoms with E-state index in [-0.39, 0.29) is 0 Å². The maximum Gasteiger partial charge on any atom is 0.0576 e. The molecule has 1 saturated heterocycles. The van der Waals surface area contributed by atoms with Crippen LogP contribution in [0.2, 0.25) is 0 Å². The van der Waals surface area contributed by atoms with Crippen LogP contribution >= 0.6 is 0 Å².